The van der Waals surface area contributed by atoms with Gasteiger partial charge in [0.15, 0.2) is 11.5 Å². The maximum Gasteiger partial charge on any atom is 0.181 e. The van der Waals surface area contributed by atoms with Crippen molar-refractivity contribution in [3.8, 4) is 33.8 Å². The topological polar surface area (TPSA) is 121 Å². The molecule has 6 rings (SSSR count). The van der Waals surface area contributed by atoms with Gasteiger partial charge in [-0.2, -0.15) is 5.10 Å². The number of sulfone groups is 1. The number of nitrogens with zero attached hydrogens (tertiary/aromatic N) is 5. The Morgan fingerprint density at radius 3 is 2.60 bits per heavy atom. The summed E-state index contributed by atoms with van der Waals surface area (Å²) in [6.07, 6.45) is 6.78. The van der Waals surface area contributed by atoms with Gasteiger partial charge in [0, 0.05) is 49.4 Å². The molecule has 0 aliphatic rings. The summed E-state index contributed by atoms with van der Waals surface area (Å²) in [6, 6.07) is 14.3. The number of aromatic amines is 2. The van der Waals surface area contributed by atoms with Crippen LogP contribution in [-0.2, 0) is 16.3 Å². The van der Waals surface area contributed by atoms with Crippen LogP contribution in [0.15, 0.2) is 67.1 Å². The fraction of sp³-hybridized carbons (Fsp3) is 0.172. The van der Waals surface area contributed by atoms with Crippen molar-refractivity contribution in [1.82, 2.24) is 30.1 Å². The number of hydrogen-bond donors (Lipinski definition) is 2. The van der Waals surface area contributed by atoms with Crippen LogP contribution in [0, 0.1) is 5.82 Å². The third-order valence-electron chi connectivity index (χ3n) is 6.76. The highest BCUT2D eigenvalue weighted by atomic mass is 32.2. The minimum atomic E-state index is -3.17. The molecule has 0 amide bonds. The molecule has 0 fully saturated rings. The van der Waals surface area contributed by atoms with Gasteiger partial charge in [0.2, 0.25) is 0 Å². The monoisotopic (exact) mass is 555 g/mol. The lowest BCUT2D eigenvalue weighted by Crippen LogP contribution is -2.08. The highest BCUT2D eigenvalue weighted by molar-refractivity contribution is 7.90. The van der Waals surface area contributed by atoms with Gasteiger partial charge in [0.25, 0.3) is 0 Å². The lowest BCUT2D eigenvalue weighted by molar-refractivity contribution is 0.600. The van der Waals surface area contributed by atoms with Gasteiger partial charge in [-0.3, -0.25) is 10.1 Å². The second-order valence-corrected chi connectivity index (χ2v) is 12.3. The van der Waals surface area contributed by atoms with Crippen molar-refractivity contribution in [1.29, 1.82) is 0 Å². The lowest BCUT2D eigenvalue weighted by atomic mass is 10.0. The van der Waals surface area contributed by atoms with Gasteiger partial charge < -0.3 is 9.88 Å². The number of pyridine rings is 2. The van der Waals surface area contributed by atoms with E-state index in [2.05, 4.69) is 25.1 Å². The molecule has 4 heterocycles. The summed E-state index contributed by atoms with van der Waals surface area (Å²) >= 11 is 0. The fourth-order valence-electron chi connectivity index (χ4n) is 4.71. The molecule has 0 aliphatic heterocycles. The first kappa shape index (κ1) is 25.6. The van der Waals surface area contributed by atoms with Crippen LogP contribution in [0.25, 0.3) is 55.8 Å². The van der Waals surface area contributed by atoms with Gasteiger partial charge in [0.1, 0.15) is 21.3 Å². The lowest BCUT2D eigenvalue weighted by Gasteiger charge is -2.12. The van der Waals surface area contributed by atoms with Crippen molar-refractivity contribution < 1.29 is 12.8 Å². The molecule has 2 aromatic carbocycles. The molecule has 4 aromatic heterocycles. The standard InChI is InChI=1S/C29H26FN7O2S/c1-37(2)22-12-19(14-31-16-22)20-13-24-27(35-36-28(24)32-15-20)29-33-25-6-4-5-23(26(25)34-29)18-9-17(10-21(30)11-18)7-8-40(3,38)39/h4-6,9-16H,7-8H2,1-3H3,(H,33,34)(H,32,35,36). The van der Waals surface area contributed by atoms with Crippen LogP contribution in [-0.4, -0.2) is 64.7 Å². The van der Waals surface area contributed by atoms with Crippen LogP contribution >= 0.6 is 0 Å². The summed E-state index contributed by atoms with van der Waals surface area (Å²) in [5, 5.41) is 8.23. The molecule has 0 aliphatic carbocycles. The molecule has 40 heavy (non-hydrogen) atoms. The number of para-hydroxylation sites is 1. The Labute approximate surface area is 230 Å². The molecule has 6 aromatic rings. The Hall–Kier alpha value is -4.64. The molecular weight excluding hydrogens is 529 g/mol. The van der Waals surface area contributed by atoms with Crippen LogP contribution in [0.4, 0.5) is 10.1 Å². The van der Waals surface area contributed by atoms with Crippen molar-refractivity contribution in [2.75, 3.05) is 31.0 Å². The molecular formula is C29H26FN7O2S. The van der Waals surface area contributed by atoms with Gasteiger partial charge in [-0.1, -0.05) is 18.2 Å². The van der Waals surface area contributed by atoms with Crippen LogP contribution < -0.4 is 4.90 Å². The Morgan fingerprint density at radius 1 is 0.975 bits per heavy atom. The number of halogens is 1. The van der Waals surface area contributed by atoms with E-state index in [-0.39, 0.29) is 12.2 Å². The largest absolute Gasteiger partial charge is 0.376 e. The highest BCUT2D eigenvalue weighted by Crippen LogP contribution is 2.33. The van der Waals surface area contributed by atoms with Crippen molar-refractivity contribution in [2.24, 2.45) is 0 Å². The normalized spacial score (nSPS) is 11.9. The van der Waals surface area contributed by atoms with Crippen molar-refractivity contribution in [3.05, 3.63) is 78.5 Å². The van der Waals surface area contributed by atoms with Gasteiger partial charge in [-0.25, -0.2) is 22.8 Å². The maximum atomic E-state index is 14.6. The van der Waals surface area contributed by atoms with Crippen molar-refractivity contribution in [2.45, 2.75) is 6.42 Å². The van der Waals surface area contributed by atoms with E-state index in [4.69, 9.17) is 4.98 Å². The molecule has 0 unspecified atom stereocenters. The number of hydrogen-bond acceptors (Lipinski definition) is 7. The minimum Gasteiger partial charge on any atom is -0.376 e. The number of nitrogens with one attached hydrogen (secondary N) is 2. The number of H-pyrrole nitrogens is 2. The molecule has 202 valence electrons. The predicted molar refractivity (Wildman–Crippen MR) is 155 cm³/mol. The first-order chi connectivity index (χ1) is 19.1. The molecule has 9 nitrogen and oxygen atoms in total. The van der Waals surface area contributed by atoms with E-state index < -0.39 is 15.7 Å². The molecule has 0 bridgehead atoms. The second-order valence-electron chi connectivity index (χ2n) is 10.0. The third kappa shape index (κ3) is 5.03. The Morgan fingerprint density at radius 2 is 1.80 bits per heavy atom. The maximum absolute atomic E-state index is 14.6. The number of aryl methyl sites for hydroxylation is 1. The molecule has 0 saturated carbocycles. The molecule has 0 spiro atoms. The third-order valence-corrected chi connectivity index (χ3v) is 7.71. The van der Waals surface area contributed by atoms with Crippen LogP contribution in [0.2, 0.25) is 0 Å². The van der Waals surface area contributed by atoms with Crippen molar-refractivity contribution >= 4 is 37.6 Å². The van der Waals surface area contributed by atoms with Crippen LogP contribution in [0.1, 0.15) is 5.56 Å². The Kier molecular flexibility index (Phi) is 6.30. The van der Waals surface area contributed by atoms with E-state index in [9.17, 15) is 12.8 Å². The SMILES string of the molecule is CN(C)c1cncc(-c2cnc3n[nH]c(-c4nc5c(-c6cc(F)cc(CCS(C)(=O)=O)c6)cccc5[nH]4)c3c2)c1. The van der Waals surface area contributed by atoms with E-state index in [0.717, 1.165) is 33.3 Å². The van der Waals surface area contributed by atoms with Gasteiger partial charge in [0.05, 0.1) is 34.1 Å². The van der Waals surface area contributed by atoms with Gasteiger partial charge in [-0.05, 0) is 47.9 Å². The minimum absolute atomic E-state index is 0.0505. The van der Waals surface area contributed by atoms with E-state index in [0.29, 0.717) is 33.8 Å². The number of fused-ring (bicyclic) bond motifs is 2. The summed E-state index contributed by atoms with van der Waals surface area (Å²) < 4.78 is 37.9. The first-order valence-electron chi connectivity index (χ1n) is 12.6. The van der Waals surface area contributed by atoms with E-state index in [1.54, 1.807) is 18.6 Å². The molecule has 0 radical (unpaired) electrons. The fourth-order valence-corrected chi connectivity index (χ4v) is 5.31. The zero-order valence-corrected chi connectivity index (χ0v) is 22.9. The van der Waals surface area contributed by atoms with Crippen molar-refractivity contribution in [3.63, 3.8) is 0 Å². The Balaban J connectivity index is 1.42. The molecule has 0 saturated heterocycles. The smallest absolute Gasteiger partial charge is 0.181 e. The molecule has 11 heteroatoms. The van der Waals surface area contributed by atoms with E-state index in [1.807, 2.05) is 55.4 Å². The average Bonchev–Trinajstić information content (AvgIpc) is 3.55. The number of aromatic nitrogens is 6. The zero-order valence-electron chi connectivity index (χ0n) is 22.1. The number of rotatable bonds is 7. The highest BCUT2D eigenvalue weighted by Gasteiger charge is 2.17. The van der Waals surface area contributed by atoms with Crippen LogP contribution in [0.3, 0.4) is 0 Å². The number of imidazole rings is 1. The zero-order chi connectivity index (χ0) is 28.0. The summed E-state index contributed by atoms with van der Waals surface area (Å²) in [6.45, 7) is 0. The van der Waals surface area contributed by atoms with E-state index in [1.165, 1.54) is 18.4 Å². The van der Waals surface area contributed by atoms with Crippen LogP contribution in [0.5, 0.6) is 0 Å². The molecule has 2 N–H and O–H groups in total. The number of anilines is 1. The average molecular weight is 556 g/mol. The quantitative estimate of drug-likeness (QED) is 0.284. The second kappa shape index (κ2) is 9.83. The van der Waals surface area contributed by atoms with Gasteiger partial charge in [-0.15, -0.1) is 0 Å². The Bertz CT molecular complexity index is 2000. The van der Waals surface area contributed by atoms with E-state index >= 15 is 0 Å². The number of benzene rings is 2. The summed E-state index contributed by atoms with van der Waals surface area (Å²) in [5.41, 5.74) is 7.42. The summed E-state index contributed by atoms with van der Waals surface area (Å²) in [5.74, 6) is 0.0861. The van der Waals surface area contributed by atoms with Gasteiger partial charge >= 0.3 is 0 Å². The first-order valence-corrected chi connectivity index (χ1v) is 14.6. The molecule has 0 atom stereocenters. The summed E-state index contributed by atoms with van der Waals surface area (Å²) in [4.78, 5) is 19.1. The summed E-state index contributed by atoms with van der Waals surface area (Å²) in [7, 11) is 0.756. The predicted octanol–water partition coefficient (Wildman–Crippen LogP) is 5.02.